The molecule has 2 unspecified atom stereocenters. The van der Waals surface area contributed by atoms with E-state index in [9.17, 15) is 9.90 Å². The Balaban J connectivity index is 2.03. The van der Waals surface area contributed by atoms with Gasteiger partial charge in [0.2, 0.25) is 0 Å². The van der Waals surface area contributed by atoms with E-state index < -0.39 is 5.97 Å². The van der Waals surface area contributed by atoms with E-state index in [0.717, 1.165) is 31.5 Å². The van der Waals surface area contributed by atoms with Gasteiger partial charge in [-0.3, -0.25) is 14.7 Å². The highest BCUT2D eigenvalue weighted by atomic mass is 16.4. The zero-order valence-electron chi connectivity index (χ0n) is 12.5. The highest BCUT2D eigenvalue weighted by molar-refractivity contribution is 5.70. The standard InChI is InChI=1S/C16H24N2O2/c1-4-13-5-6-15(17-9-13)10-18-11(2)7-14(16(19)20)8-12(18)3/h5-6,9,11-12,14H,4,7-8,10H2,1-3H3,(H,19,20). The topological polar surface area (TPSA) is 53.4 Å². The summed E-state index contributed by atoms with van der Waals surface area (Å²) in [5.41, 5.74) is 2.31. The van der Waals surface area contributed by atoms with E-state index >= 15 is 0 Å². The molecule has 110 valence electrons. The number of aryl methyl sites for hydroxylation is 1. The number of aliphatic carboxylic acids is 1. The second-order valence-electron chi connectivity index (χ2n) is 5.89. The third-order valence-corrected chi connectivity index (χ3v) is 4.37. The number of rotatable bonds is 4. The van der Waals surface area contributed by atoms with Gasteiger partial charge in [0.05, 0.1) is 11.6 Å². The molecule has 2 heterocycles. The molecule has 0 spiro atoms. The number of carbonyl (C=O) groups is 1. The molecule has 1 aromatic rings. The van der Waals surface area contributed by atoms with Crippen LogP contribution < -0.4 is 0 Å². The zero-order chi connectivity index (χ0) is 14.7. The first kappa shape index (κ1) is 15.0. The number of hydrogen-bond donors (Lipinski definition) is 1. The van der Waals surface area contributed by atoms with Gasteiger partial charge in [-0.05, 0) is 44.7 Å². The number of nitrogens with zero attached hydrogens (tertiary/aromatic N) is 2. The Hall–Kier alpha value is -1.42. The second kappa shape index (κ2) is 6.35. The SMILES string of the molecule is CCc1ccc(CN2C(C)CC(C(=O)O)CC2C)nc1. The summed E-state index contributed by atoms with van der Waals surface area (Å²) < 4.78 is 0. The van der Waals surface area contributed by atoms with Gasteiger partial charge < -0.3 is 5.11 Å². The van der Waals surface area contributed by atoms with E-state index in [0.29, 0.717) is 0 Å². The second-order valence-corrected chi connectivity index (χ2v) is 5.89. The van der Waals surface area contributed by atoms with Crippen LogP contribution in [0.2, 0.25) is 0 Å². The third-order valence-electron chi connectivity index (χ3n) is 4.37. The predicted octanol–water partition coefficient (Wildman–Crippen LogP) is 2.72. The molecule has 1 aromatic heterocycles. The van der Waals surface area contributed by atoms with Gasteiger partial charge in [0.1, 0.15) is 0 Å². The first-order valence-corrected chi connectivity index (χ1v) is 7.43. The van der Waals surface area contributed by atoms with Gasteiger partial charge in [0.25, 0.3) is 0 Å². The molecular weight excluding hydrogens is 252 g/mol. The Morgan fingerprint density at radius 3 is 2.45 bits per heavy atom. The number of carboxylic acid groups (broad SMARTS) is 1. The Bertz CT molecular complexity index is 446. The maximum atomic E-state index is 11.2. The van der Waals surface area contributed by atoms with Crippen LogP contribution in [0.1, 0.15) is 44.9 Å². The monoisotopic (exact) mass is 276 g/mol. The van der Waals surface area contributed by atoms with Crippen LogP contribution in [0.3, 0.4) is 0 Å². The van der Waals surface area contributed by atoms with Crippen molar-refractivity contribution in [2.75, 3.05) is 0 Å². The molecule has 0 bridgehead atoms. The summed E-state index contributed by atoms with van der Waals surface area (Å²) in [6.45, 7) is 7.16. The van der Waals surface area contributed by atoms with E-state index in [2.05, 4.69) is 42.8 Å². The molecule has 1 fully saturated rings. The Morgan fingerprint density at radius 1 is 1.35 bits per heavy atom. The molecular formula is C16H24N2O2. The summed E-state index contributed by atoms with van der Waals surface area (Å²) in [6.07, 6.45) is 4.40. The predicted molar refractivity (Wildman–Crippen MR) is 78.4 cm³/mol. The summed E-state index contributed by atoms with van der Waals surface area (Å²) in [6, 6.07) is 4.78. The van der Waals surface area contributed by atoms with Crippen LogP contribution >= 0.6 is 0 Å². The molecule has 20 heavy (non-hydrogen) atoms. The Kier molecular flexibility index (Phi) is 4.76. The zero-order valence-corrected chi connectivity index (χ0v) is 12.5. The van der Waals surface area contributed by atoms with Crippen LogP contribution in [-0.2, 0) is 17.8 Å². The largest absolute Gasteiger partial charge is 0.481 e. The average Bonchev–Trinajstić information content (AvgIpc) is 2.43. The first-order chi connectivity index (χ1) is 9.51. The lowest BCUT2D eigenvalue weighted by Gasteiger charge is -2.41. The number of likely N-dealkylation sites (tertiary alicyclic amines) is 1. The van der Waals surface area contributed by atoms with Crippen molar-refractivity contribution in [1.82, 2.24) is 9.88 Å². The van der Waals surface area contributed by atoms with Gasteiger partial charge in [-0.15, -0.1) is 0 Å². The number of pyridine rings is 1. The summed E-state index contributed by atoms with van der Waals surface area (Å²) in [4.78, 5) is 18.0. The molecule has 1 saturated heterocycles. The lowest BCUT2D eigenvalue weighted by atomic mass is 9.87. The Labute approximate surface area is 120 Å². The average molecular weight is 276 g/mol. The molecule has 0 amide bonds. The summed E-state index contributed by atoms with van der Waals surface area (Å²) in [5.74, 6) is -0.861. The highest BCUT2D eigenvalue weighted by Crippen LogP contribution is 2.29. The molecule has 0 aromatic carbocycles. The van der Waals surface area contributed by atoms with Crippen LogP contribution in [0.25, 0.3) is 0 Å². The van der Waals surface area contributed by atoms with Crippen LogP contribution in [-0.4, -0.2) is 33.0 Å². The quantitative estimate of drug-likeness (QED) is 0.918. The smallest absolute Gasteiger partial charge is 0.306 e. The minimum Gasteiger partial charge on any atom is -0.481 e. The van der Waals surface area contributed by atoms with Crippen LogP contribution in [0, 0.1) is 5.92 Å². The van der Waals surface area contributed by atoms with Crippen LogP contribution in [0.5, 0.6) is 0 Å². The highest BCUT2D eigenvalue weighted by Gasteiger charge is 2.34. The molecule has 1 aliphatic heterocycles. The number of carboxylic acids is 1. The molecule has 0 saturated carbocycles. The van der Waals surface area contributed by atoms with Gasteiger partial charge in [-0.25, -0.2) is 0 Å². The third kappa shape index (κ3) is 3.37. The number of aromatic nitrogens is 1. The van der Waals surface area contributed by atoms with Gasteiger partial charge in [0.15, 0.2) is 0 Å². The van der Waals surface area contributed by atoms with Crippen molar-refractivity contribution in [3.8, 4) is 0 Å². The summed E-state index contributed by atoms with van der Waals surface area (Å²) in [5, 5.41) is 9.18. The minimum absolute atomic E-state index is 0.202. The van der Waals surface area contributed by atoms with E-state index in [4.69, 9.17) is 0 Å². The van der Waals surface area contributed by atoms with E-state index in [-0.39, 0.29) is 18.0 Å². The molecule has 0 aliphatic carbocycles. The molecule has 2 atom stereocenters. The van der Waals surface area contributed by atoms with Crippen molar-refractivity contribution in [3.63, 3.8) is 0 Å². The Morgan fingerprint density at radius 2 is 2.00 bits per heavy atom. The summed E-state index contributed by atoms with van der Waals surface area (Å²) >= 11 is 0. The van der Waals surface area contributed by atoms with E-state index in [1.54, 1.807) is 0 Å². The molecule has 4 nitrogen and oxygen atoms in total. The van der Waals surface area contributed by atoms with E-state index in [1.807, 2.05) is 6.20 Å². The van der Waals surface area contributed by atoms with E-state index in [1.165, 1.54) is 5.56 Å². The van der Waals surface area contributed by atoms with Gasteiger partial charge in [-0.2, -0.15) is 0 Å². The summed E-state index contributed by atoms with van der Waals surface area (Å²) in [7, 11) is 0. The number of piperidine rings is 1. The normalized spacial score (nSPS) is 27.4. The fourth-order valence-corrected chi connectivity index (χ4v) is 3.08. The van der Waals surface area contributed by atoms with Crippen molar-refractivity contribution in [1.29, 1.82) is 0 Å². The lowest BCUT2D eigenvalue weighted by molar-refractivity contribution is -0.145. The molecule has 0 radical (unpaired) electrons. The van der Waals surface area contributed by atoms with Crippen molar-refractivity contribution in [2.24, 2.45) is 5.92 Å². The number of hydrogen-bond acceptors (Lipinski definition) is 3. The molecule has 1 N–H and O–H groups in total. The fourth-order valence-electron chi connectivity index (χ4n) is 3.08. The lowest BCUT2D eigenvalue weighted by Crippen LogP contribution is -2.47. The fraction of sp³-hybridized carbons (Fsp3) is 0.625. The van der Waals surface area contributed by atoms with Gasteiger partial charge in [-0.1, -0.05) is 13.0 Å². The van der Waals surface area contributed by atoms with Crippen molar-refractivity contribution in [3.05, 3.63) is 29.6 Å². The van der Waals surface area contributed by atoms with Gasteiger partial charge >= 0.3 is 5.97 Å². The maximum absolute atomic E-state index is 11.2. The van der Waals surface area contributed by atoms with Crippen LogP contribution in [0.4, 0.5) is 0 Å². The molecule has 2 rings (SSSR count). The van der Waals surface area contributed by atoms with Crippen molar-refractivity contribution >= 4 is 5.97 Å². The van der Waals surface area contributed by atoms with Crippen LogP contribution in [0.15, 0.2) is 18.3 Å². The maximum Gasteiger partial charge on any atom is 0.306 e. The minimum atomic E-state index is -0.659. The first-order valence-electron chi connectivity index (χ1n) is 7.43. The molecule has 4 heteroatoms. The van der Waals surface area contributed by atoms with Crippen molar-refractivity contribution < 1.29 is 9.90 Å². The van der Waals surface area contributed by atoms with Gasteiger partial charge in [0, 0.05) is 24.8 Å². The van der Waals surface area contributed by atoms with Crippen molar-refractivity contribution in [2.45, 2.75) is 58.7 Å². The molecule has 1 aliphatic rings.